The lowest BCUT2D eigenvalue weighted by molar-refractivity contribution is 0.0170. The Kier molecular flexibility index (Phi) is 6.18. The smallest absolute Gasteiger partial charge is 0.0916 e. The molecule has 0 radical (unpaired) electrons. The Balaban J connectivity index is 1.88. The molecule has 4 heteroatoms. The van der Waals surface area contributed by atoms with Crippen molar-refractivity contribution in [3.05, 3.63) is 35.9 Å². The number of aliphatic hydroxyl groups is 2. The van der Waals surface area contributed by atoms with Gasteiger partial charge in [-0.3, -0.25) is 9.80 Å². The molecule has 1 aliphatic rings. The van der Waals surface area contributed by atoms with Gasteiger partial charge in [-0.2, -0.15) is 0 Å². The number of benzene rings is 1. The fraction of sp³-hybridized carbons (Fsp3) is 0.647. The van der Waals surface area contributed by atoms with Gasteiger partial charge in [0.15, 0.2) is 0 Å². The number of rotatable bonds is 6. The highest BCUT2D eigenvalue weighted by Gasteiger charge is 2.27. The van der Waals surface area contributed by atoms with Gasteiger partial charge in [0.1, 0.15) is 0 Å². The van der Waals surface area contributed by atoms with E-state index in [1.54, 1.807) is 0 Å². The van der Waals surface area contributed by atoms with Crippen molar-refractivity contribution in [2.45, 2.75) is 38.5 Å². The first-order valence-electron chi connectivity index (χ1n) is 7.97. The minimum Gasteiger partial charge on any atom is -0.392 e. The second-order valence-electron chi connectivity index (χ2n) is 6.09. The zero-order valence-electron chi connectivity index (χ0n) is 13.2. The standard InChI is InChI=1S/C17H28N2O2/c1-3-16-12-18(9-10-19(16)11-14(2)20)13-17(21)15-7-5-4-6-8-15/h4-8,14,16-17,20-21H,3,9-13H2,1-2H3/t14-,16+,17-/m0/s1. The van der Waals surface area contributed by atoms with Gasteiger partial charge in [-0.05, 0) is 18.9 Å². The SMILES string of the molecule is CC[C@@H]1CN(C[C@H](O)c2ccccc2)CCN1C[C@H](C)O. The molecule has 0 saturated carbocycles. The molecule has 1 aliphatic heterocycles. The van der Waals surface area contributed by atoms with Crippen LogP contribution < -0.4 is 0 Å². The molecule has 21 heavy (non-hydrogen) atoms. The summed E-state index contributed by atoms with van der Waals surface area (Å²) in [6, 6.07) is 10.3. The highest BCUT2D eigenvalue weighted by atomic mass is 16.3. The lowest BCUT2D eigenvalue weighted by Gasteiger charge is -2.42. The Morgan fingerprint density at radius 2 is 1.86 bits per heavy atom. The quantitative estimate of drug-likeness (QED) is 0.834. The molecule has 3 atom stereocenters. The number of hydrogen-bond donors (Lipinski definition) is 2. The molecule has 2 N–H and O–H groups in total. The van der Waals surface area contributed by atoms with E-state index in [9.17, 15) is 10.2 Å². The predicted molar refractivity (Wildman–Crippen MR) is 85.2 cm³/mol. The van der Waals surface area contributed by atoms with E-state index < -0.39 is 6.10 Å². The fourth-order valence-corrected chi connectivity index (χ4v) is 3.12. The van der Waals surface area contributed by atoms with E-state index in [1.165, 1.54) is 0 Å². The zero-order chi connectivity index (χ0) is 15.2. The van der Waals surface area contributed by atoms with Crippen molar-refractivity contribution in [1.82, 2.24) is 9.80 Å². The van der Waals surface area contributed by atoms with Gasteiger partial charge in [-0.15, -0.1) is 0 Å². The molecule has 0 spiro atoms. The second-order valence-corrected chi connectivity index (χ2v) is 6.09. The molecule has 0 amide bonds. The maximum absolute atomic E-state index is 10.3. The van der Waals surface area contributed by atoms with Crippen molar-refractivity contribution in [2.24, 2.45) is 0 Å². The molecular weight excluding hydrogens is 264 g/mol. The molecule has 0 bridgehead atoms. The molecule has 0 unspecified atom stereocenters. The first-order valence-corrected chi connectivity index (χ1v) is 7.97. The Morgan fingerprint density at radius 1 is 1.14 bits per heavy atom. The normalized spacial score (nSPS) is 23.9. The van der Waals surface area contributed by atoms with Crippen LogP contribution in [0.5, 0.6) is 0 Å². The van der Waals surface area contributed by atoms with Crippen LogP contribution in [0.3, 0.4) is 0 Å². The number of hydrogen-bond acceptors (Lipinski definition) is 4. The molecule has 1 aromatic carbocycles. The molecule has 0 aromatic heterocycles. The molecule has 1 heterocycles. The first-order chi connectivity index (χ1) is 10.1. The minimum atomic E-state index is -0.424. The van der Waals surface area contributed by atoms with E-state index in [2.05, 4.69) is 16.7 Å². The van der Waals surface area contributed by atoms with Crippen LogP contribution in [0, 0.1) is 0 Å². The average molecular weight is 292 g/mol. The number of aliphatic hydroxyl groups excluding tert-OH is 2. The van der Waals surface area contributed by atoms with Crippen LogP contribution in [0.2, 0.25) is 0 Å². The van der Waals surface area contributed by atoms with Gasteiger partial charge in [-0.1, -0.05) is 37.3 Å². The van der Waals surface area contributed by atoms with Crippen molar-refractivity contribution in [3.63, 3.8) is 0 Å². The number of nitrogens with zero attached hydrogens (tertiary/aromatic N) is 2. The monoisotopic (exact) mass is 292 g/mol. The lowest BCUT2D eigenvalue weighted by atomic mass is 10.1. The summed E-state index contributed by atoms with van der Waals surface area (Å²) in [6.45, 7) is 8.34. The molecular formula is C17H28N2O2. The largest absolute Gasteiger partial charge is 0.392 e. The van der Waals surface area contributed by atoms with Gasteiger partial charge in [0.05, 0.1) is 12.2 Å². The van der Waals surface area contributed by atoms with Crippen molar-refractivity contribution in [3.8, 4) is 0 Å². The summed E-state index contributed by atoms with van der Waals surface area (Å²) in [7, 11) is 0. The van der Waals surface area contributed by atoms with E-state index >= 15 is 0 Å². The van der Waals surface area contributed by atoms with E-state index in [0.29, 0.717) is 12.6 Å². The summed E-state index contributed by atoms with van der Waals surface area (Å²) in [5.41, 5.74) is 0.983. The van der Waals surface area contributed by atoms with Crippen LogP contribution in [0.15, 0.2) is 30.3 Å². The lowest BCUT2D eigenvalue weighted by Crippen LogP contribution is -2.55. The third-order valence-corrected chi connectivity index (χ3v) is 4.27. The highest BCUT2D eigenvalue weighted by Crippen LogP contribution is 2.18. The average Bonchev–Trinajstić information content (AvgIpc) is 2.49. The molecule has 1 aromatic rings. The first kappa shape index (κ1) is 16.4. The van der Waals surface area contributed by atoms with Crippen molar-refractivity contribution in [1.29, 1.82) is 0 Å². The minimum absolute atomic E-state index is 0.277. The van der Waals surface area contributed by atoms with E-state index in [1.807, 2.05) is 37.3 Å². The highest BCUT2D eigenvalue weighted by molar-refractivity contribution is 5.17. The van der Waals surface area contributed by atoms with Gasteiger partial charge < -0.3 is 10.2 Å². The van der Waals surface area contributed by atoms with Crippen molar-refractivity contribution in [2.75, 3.05) is 32.7 Å². The summed E-state index contributed by atoms with van der Waals surface area (Å²) < 4.78 is 0. The molecule has 0 aliphatic carbocycles. The fourth-order valence-electron chi connectivity index (χ4n) is 3.12. The van der Waals surface area contributed by atoms with E-state index in [-0.39, 0.29) is 6.10 Å². The number of β-amino-alcohol motifs (C(OH)–C–C–N with tert-alkyl or cyclic N) is 2. The van der Waals surface area contributed by atoms with Crippen molar-refractivity contribution >= 4 is 0 Å². The van der Waals surface area contributed by atoms with Gasteiger partial charge in [0.25, 0.3) is 0 Å². The molecule has 118 valence electrons. The summed E-state index contributed by atoms with van der Waals surface area (Å²) in [5.74, 6) is 0. The summed E-state index contributed by atoms with van der Waals surface area (Å²) >= 11 is 0. The molecule has 1 saturated heterocycles. The predicted octanol–water partition coefficient (Wildman–Crippen LogP) is 1.50. The van der Waals surface area contributed by atoms with Crippen LogP contribution in [-0.4, -0.2) is 64.9 Å². The Morgan fingerprint density at radius 3 is 2.48 bits per heavy atom. The summed E-state index contributed by atoms with van der Waals surface area (Å²) in [5, 5.41) is 19.9. The maximum Gasteiger partial charge on any atom is 0.0916 e. The summed E-state index contributed by atoms with van der Waals surface area (Å²) in [4.78, 5) is 4.71. The van der Waals surface area contributed by atoms with Crippen LogP contribution in [0.1, 0.15) is 31.9 Å². The Labute approximate surface area is 128 Å². The summed E-state index contributed by atoms with van der Waals surface area (Å²) in [6.07, 6.45) is 0.373. The van der Waals surface area contributed by atoms with Crippen LogP contribution >= 0.6 is 0 Å². The van der Waals surface area contributed by atoms with Crippen molar-refractivity contribution < 1.29 is 10.2 Å². The van der Waals surface area contributed by atoms with E-state index in [0.717, 1.165) is 38.2 Å². The van der Waals surface area contributed by atoms with Gasteiger partial charge in [-0.25, -0.2) is 0 Å². The topological polar surface area (TPSA) is 46.9 Å². The van der Waals surface area contributed by atoms with Gasteiger partial charge in [0.2, 0.25) is 0 Å². The van der Waals surface area contributed by atoms with Crippen LogP contribution in [0.4, 0.5) is 0 Å². The Hall–Kier alpha value is -0.940. The second kappa shape index (κ2) is 7.90. The van der Waals surface area contributed by atoms with Crippen LogP contribution in [0.25, 0.3) is 0 Å². The van der Waals surface area contributed by atoms with Gasteiger partial charge >= 0.3 is 0 Å². The zero-order valence-corrected chi connectivity index (χ0v) is 13.2. The third kappa shape index (κ3) is 4.78. The molecule has 1 fully saturated rings. The molecule has 4 nitrogen and oxygen atoms in total. The maximum atomic E-state index is 10.3. The number of piperazine rings is 1. The van der Waals surface area contributed by atoms with Crippen LogP contribution in [-0.2, 0) is 0 Å². The molecule has 2 rings (SSSR count). The van der Waals surface area contributed by atoms with Gasteiger partial charge in [0, 0.05) is 38.8 Å². The third-order valence-electron chi connectivity index (χ3n) is 4.27. The van der Waals surface area contributed by atoms with E-state index in [4.69, 9.17) is 0 Å². The Bertz CT molecular complexity index is 411.